The first-order valence-electron chi connectivity index (χ1n) is 9.13. The maximum atomic E-state index is 13.0. The summed E-state index contributed by atoms with van der Waals surface area (Å²) in [6, 6.07) is 6.44. The van der Waals surface area contributed by atoms with Gasteiger partial charge >= 0.3 is 0 Å². The summed E-state index contributed by atoms with van der Waals surface area (Å²) in [5, 5.41) is 2.60. The number of aromatic nitrogens is 1. The maximum absolute atomic E-state index is 13.0. The van der Waals surface area contributed by atoms with Crippen molar-refractivity contribution in [2.45, 2.75) is 71.9 Å². The van der Waals surface area contributed by atoms with Gasteiger partial charge in [0.25, 0.3) is 0 Å². The molecule has 0 aliphatic carbocycles. The van der Waals surface area contributed by atoms with Crippen molar-refractivity contribution in [3.63, 3.8) is 0 Å². The van der Waals surface area contributed by atoms with Gasteiger partial charge in [-0.25, -0.2) is 0 Å². The Morgan fingerprint density at radius 3 is 2.15 bits per heavy atom. The number of nitrogens with zero attached hydrogens (tertiary/aromatic N) is 2. The molecule has 2 heterocycles. The minimum absolute atomic E-state index is 0. The molecule has 0 bridgehead atoms. The molecule has 1 aromatic rings. The normalized spacial score (nSPS) is 21.7. The third kappa shape index (κ3) is 5.43. The third-order valence-corrected chi connectivity index (χ3v) is 5.30. The van der Waals surface area contributed by atoms with E-state index in [-0.39, 0.29) is 36.6 Å². The van der Waals surface area contributed by atoms with Crippen molar-refractivity contribution < 1.29 is 9.59 Å². The van der Waals surface area contributed by atoms with E-state index in [1.54, 1.807) is 6.20 Å². The highest BCUT2D eigenvalue weighted by molar-refractivity contribution is 6.05. The standard InChI is InChI=1S/C20H31N3O2.2ClH/c1-14(2)23(15(3)4)12-10-20(16-9-7-8-11-21-16)13-19(5,6)17(24)22-18(20)25;;/h7-9,11,14-15H,10,12-13H2,1-6H3,(H,22,24,25);2*1H. The lowest BCUT2D eigenvalue weighted by molar-refractivity contribution is -0.146. The van der Waals surface area contributed by atoms with Crippen LogP contribution in [0.2, 0.25) is 0 Å². The van der Waals surface area contributed by atoms with E-state index in [0.717, 1.165) is 12.2 Å². The molecule has 1 aliphatic rings. The fraction of sp³-hybridized carbons (Fsp3) is 0.650. The van der Waals surface area contributed by atoms with E-state index in [1.807, 2.05) is 32.0 Å². The number of imide groups is 1. The summed E-state index contributed by atoms with van der Waals surface area (Å²) in [6.07, 6.45) is 2.84. The molecule has 2 amide bonds. The second-order valence-corrected chi connectivity index (χ2v) is 8.32. The van der Waals surface area contributed by atoms with Gasteiger partial charge in [-0.15, -0.1) is 24.8 Å². The van der Waals surface area contributed by atoms with Gasteiger partial charge in [0, 0.05) is 30.2 Å². The number of rotatable bonds is 6. The van der Waals surface area contributed by atoms with Crippen LogP contribution in [0.25, 0.3) is 0 Å². The molecule has 1 unspecified atom stereocenters. The summed E-state index contributed by atoms with van der Waals surface area (Å²) in [4.78, 5) is 32.1. The van der Waals surface area contributed by atoms with Crippen molar-refractivity contribution in [3.8, 4) is 0 Å². The van der Waals surface area contributed by atoms with Crippen LogP contribution >= 0.6 is 24.8 Å². The number of hydrogen-bond donors (Lipinski definition) is 1. The van der Waals surface area contributed by atoms with Gasteiger partial charge in [-0.1, -0.05) is 19.9 Å². The lowest BCUT2D eigenvalue weighted by Crippen LogP contribution is -2.59. The zero-order chi connectivity index (χ0) is 18.8. The number of carbonyl (C=O) groups is 2. The molecular weight excluding hydrogens is 385 g/mol. The number of hydrogen-bond acceptors (Lipinski definition) is 4. The van der Waals surface area contributed by atoms with Gasteiger partial charge in [-0.05, 0) is 52.7 Å². The predicted octanol–water partition coefficient (Wildman–Crippen LogP) is 3.74. The summed E-state index contributed by atoms with van der Waals surface area (Å²) in [5.41, 5.74) is -0.632. The van der Waals surface area contributed by atoms with Crippen LogP contribution in [-0.2, 0) is 15.0 Å². The largest absolute Gasteiger partial charge is 0.298 e. The summed E-state index contributed by atoms with van der Waals surface area (Å²) in [6.45, 7) is 13.3. The van der Waals surface area contributed by atoms with Crippen LogP contribution in [0.5, 0.6) is 0 Å². The lowest BCUT2D eigenvalue weighted by Gasteiger charge is -2.44. The van der Waals surface area contributed by atoms with E-state index in [9.17, 15) is 9.59 Å². The lowest BCUT2D eigenvalue weighted by atomic mass is 9.65. The highest BCUT2D eigenvalue weighted by Gasteiger charge is 2.52. The van der Waals surface area contributed by atoms with Crippen molar-refractivity contribution in [1.29, 1.82) is 0 Å². The van der Waals surface area contributed by atoms with E-state index in [2.05, 4.69) is 42.9 Å². The highest BCUT2D eigenvalue weighted by Crippen LogP contribution is 2.42. The summed E-state index contributed by atoms with van der Waals surface area (Å²) >= 11 is 0. The number of pyridine rings is 1. The molecule has 5 nitrogen and oxygen atoms in total. The first-order chi connectivity index (χ1) is 11.6. The van der Waals surface area contributed by atoms with Gasteiger partial charge in [0.1, 0.15) is 0 Å². The van der Waals surface area contributed by atoms with E-state index in [4.69, 9.17) is 0 Å². The Kier molecular flexibility index (Phi) is 9.43. The SMILES string of the molecule is CC(C)N(CCC1(c2ccccn2)CC(C)(C)C(=O)NC1=O)C(C)C.Cl.Cl. The topological polar surface area (TPSA) is 62.3 Å². The Morgan fingerprint density at radius 2 is 1.67 bits per heavy atom. The Labute approximate surface area is 175 Å². The number of halogens is 2. The first kappa shape index (κ1) is 25.8. The minimum atomic E-state index is -0.777. The molecule has 0 radical (unpaired) electrons. The Morgan fingerprint density at radius 1 is 1.07 bits per heavy atom. The van der Waals surface area contributed by atoms with Gasteiger partial charge in [0.2, 0.25) is 11.8 Å². The van der Waals surface area contributed by atoms with E-state index in [1.165, 1.54) is 0 Å². The molecule has 1 aromatic heterocycles. The predicted molar refractivity (Wildman–Crippen MR) is 114 cm³/mol. The van der Waals surface area contributed by atoms with Gasteiger partial charge < -0.3 is 0 Å². The van der Waals surface area contributed by atoms with Crippen molar-refractivity contribution in [2.75, 3.05) is 6.54 Å². The number of amides is 2. The highest BCUT2D eigenvalue weighted by atomic mass is 35.5. The molecule has 1 atom stereocenters. The fourth-order valence-corrected chi connectivity index (χ4v) is 3.92. The zero-order valence-electron chi connectivity index (χ0n) is 17.1. The van der Waals surface area contributed by atoms with Gasteiger partial charge in [-0.2, -0.15) is 0 Å². The maximum Gasteiger partial charge on any atom is 0.238 e. The van der Waals surface area contributed by atoms with Gasteiger partial charge in [0.05, 0.1) is 11.1 Å². The van der Waals surface area contributed by atoms with Crippen LogP contribution in [0.3, 0.4) is 0 Å². The fourth-order valence-electron chi connectivity index (χ4n) is 3.92. The molecule has 0 spiro atoms. The van der Waals surface area contributed by atoms with E-state index in [0.29, 0.717) is 24.9 Å². The smallest absolute Gasteiger partial charge is 0.238 e. The number of nitrogens with one attached hydrogen (secondary N) is 1. The molecule has 1 aliphatic heterocycles. The Bertz CT molecular complexity index is 627. The molecular formula is C20H33Cl2N3O2. The minimum Gasteiger partial charge on any atom is -0.298 e. The van der Waals surface area contributed by atoms with Crippen LogP contribution in [-0.4, -0.2) is 40.3 Å². The molecule has 1 saturated heterocycles. The van der Waals surface area contributed by atoms with Crippen LogP contribution in [0.1, 0.15) is 60.1 Å². The van der Waals surface area contributed by atoms with Crippen LogP contribution < -0.4 is 5.32 Å². The van der Waals surface area contributed by atoms with E-state index >= 15 is 0 Å². The zero-order valence-corrected chi connectivity index (χ0v) is 18.7. The summed E-state index contributed by atoms with van der Waals surface area (Å²) in [7, 11) is 0. The molecule has 0 aromatic carbocycles. The molecule has 27 heavy (non-hydrogen) atoms. The van der Waals surface area contributed by atoms with Crippen LogP contribution in [0.4, 0.5) is 0 Å². The van der Waals surface area contributed by atoms with Crippen molar-refractivity contribution in [2.24, 2.45) is 5.41 Å². The van der Waals surface area contributed by atoms with Crippen LogP contribution in [0.15, 0.2) is 24.4 Å². The van der Waals surface area contributed by atoms with Crippen LogP contribution in [0, 0.1) is 5.41 Å². The Balaban J connectivity index is 0.00000338. The Hall–Kier alpha value is -1.17. The first-order valence-corrected chi connectivity index (χ1v) is 9.13. The van der Waals surface area contributed by atoms with Gasteiger partial charge in [-0.3, -0.25) is 24.8 Å². The molecule has 2 rings (SSSR count). The molecule has 1 fully saturated rings. The average molecular weight is 418 g/mol. The van der Waals surface area contributed by atoms with Crippen molar-refractivity contribution in [1.82, 2.24) is 15.2 Å². The molecule has 1 N–H and O–H groups in total. The van der Waals surface area contributed by atoms with Crippen molar-refractivity contribution in [3.05, 3.63) is 30.1 Å². The van der Waals surface area contributed by atoms with Gasteiger partial charge in [0.15, 0.2) is 0 Å². The second-order valence-electron chi connectivity index (χ2n) is 8.32. The third-order valence-electron chi connectivity index (χ3n) is 5.30. The monoisotopic (exact) mass is 417 g/mol. The molecule has 7 heteroatoms. The number of piperidine rings is 1. The number of carbonyl (C=O) groups excluding carboxylic acids is 2. The summed E-state index contributed by atoms with van der Waals surface area (Å²) < 4.78 is 0. The quantitative estimate of drug-likeness (QED) is 0.715. The molecule has 0 saturated carbocycles. The molecule has 154 valence electrons. The van der Waals surface area contributed by atoms with E-state index < -0.39 is 10.8 Å². The second kappa shape index (κ2) is 9.85. The average Bonchev–Trinajstić information content (AvgIpc) is 2.52. The summed E-state index contributed by atoms with van der Waals surface area (Å²) in [5.74, 6) is -0.420. The van der Waals surface area contributed by atoms with Crippen molar-refractivity contribution >= 4 is 36.6 Å².